The van der Waals surface area contributed by atoms with Gasteiger partial charge in [0.15, 0.2) is 11.4 Å². The number of aryl methyl sites for hydroxylation is 1. The quantitative estimate of drug-likeness (QED) is 0.636. The lowest BCUT2D eigenvalue weighted by Crippen LogP contribution is -2.28. The van der Waals surface area contributed by atoms with E-state index in [0.717, 1.165) is 17.9 Å². The second kappa shape index (κ2) is 8.68. The lowest BCUT2D eigenvalue weighted by molar-refractivity contribution is 0.0933. The minimum absolute atomic E-state index is 0.0839. The summed E-state index contributed by atoms with van der Waals surface area (Å²) in [6.07, 6.45) is 8.29. The lowest BCUT2D eigenvalue weighted by atomic mass is 9.90. The van der Waals surface area contributed by atoms with Gasteiger partial charge in [0, 0.05) is 6.20 Å². The summed E-state index contributed by atoms with van der Waals surface area (Å²) < 4.78 is 7.99. The summed E-state index contributed by atoms with van der Waals surface area (Å²) in [6.45, 7) is 4.59. The van der Waals surface area contributed by atoms with Gasteiger partial charge in [0.05, 0.1) is 18.3 Å². The van der Waals surface area contributed by atoms with E-state index in [4.69, 9.17) is 4.74 Å². The molecule has 1 aromatic carbocycles. The van der Waals surface area contributed by atoms with Gasteiger partial charge in [-0.2, -0.15) is 0 Å². The number of hydrogen-bond acceptors (Lipinski definition) is 3. The Morgan fingerprint density at radius 1 is 1.17 bits per heavy atom. The first kappa shape index (κ1) is 19.5. The van der Waals surface area contributed by atoms with Crippen LogP contribution in [0, 0.1) is 12.8 Å². The van der Waals surface area contributed by atoms with Crippen LogP contribution in [0.15, 0.2) is 48.7 Å². The Morgan fingerprint density at radius 3 is 2.69 bits per heavy atom. The molecule has 1 amide bonds. The number of fused-ring (bicyclic) bond motifs is 1. The standard InChI is InChI=1S/C24H29N3O2/c1-17(20-12-7-4-8-13-20)26-24(28)22-18(2)25-23-21(14-9-15-27(22)23)29-16-19-10-5-3-6-11-19/h4,7-9,12-15,17,19H,3,5-6,10-11,16H2,1-2H3,(H,26,28)/t17-/m0/s1. The number of carbonyl (C=O) groups excluding carboxylic acids is 1. The van der Waals surface area contributed by atoms with Gasteiger partial charge in [0.1, 0.15) is 5.69 Å². The number of aromatic nitrogens is 2. The molecule has 1 N–H and O–H groups in total. The first-order chi connectivity index (χ1) is 14.1. The highest BCUT2D eigenvalue weighted by atomic mass is 16.5. The monoisotopic (exact) mass is 391 g/mol. The van der Waals surface area contributed by atoms with Gasteiger partial charge in [-0.15, -0.1) is 0 Å². The Bertz CT molecular complexity index is 974. The van der Waals surface area contributed by atoms with Crippen molar-refractivity contribution in [3.05, 3.63) is 65.6 Å². The predicted molar refractivity (Wildman–Crippen MR) is 114 cm³/mol. The van der Waals surface area contributed by atoms with Crippen LogP contribution < -0.4 is 10.1 Å². The van der Waals surface area contributed by atoms with Crippen molar-refractivity contribution in [2.75, 3.05) is 6.61 Å². The van der Waals surface area contributed by atoms with E-state index in [1.54, 1.807) is 0 Å². The van der Waals surface area contributed by atoms with Crippen molar-refractivity contribution in [2.45, 2.75) is 52.0 Å². The van der Waals surface area contributed by atoms with Crippen molar-refractivity contribution >= 4 is 11.6 Å². The molecule has 0 unspecified atom stereocenters. The highest BCUT2D eigenvalue weighted by Crippen LogP contribution is 2.27. The molecule has 0 saturated heterocycles. The van der Waals surface area contributed by atoms with E-state index in [2.05, 4.69) is 10.3 Å². The molecule has 1 saturated carbocycles. The van der Waals surface area contributed by atoms with E-state index in [-0.39, 0.29) is 11.9 Å². The third-order valence-electron chi connectivity index (χ3n) is 5.85. The highest BCUT2D eigenvalue weighted by Gasteiger charge is 2.21. The number of rotatable bonds is 6. The molecule has 0 spiro atoms. The van der Waals surface area contributed by atoms with E-state index in [1.165, 1.54) is 32.1 Å². The molecule has 0 bridgehead atoms. The smallest absolute Gasteiger partial charge is 0.270 e. The van der Waals surface area contributed by atoms with Gasteiger partial charge in [0.25, 0.3) is 5.91 Å². The molecule has 1 aliphatic rings. The zero-order valence-corrected chi connectivity index (χ0v) is 17.2. The second-order valence-electron chi connectivity index (χ2n) is 8.03. The molecule has 5 heteroatoms. The molecule has 2 aromatic heterocycles. The topological polar surface area (TPSA) is 55.6 Å². The van der Waals surface area contributed by atoms with Crippen molar-refractivity contribution in [1.82, 2.24) is 14.7 Å². The van der Waals surface area contributed by atoms with Gasteiger partial charge in [-0.3, -0.25) is 9.20 Å². The third-order valence-corrected chi connectivity index (χ3v) is 5.85. The summed E-state index contributed by atoms with van der Waals surface area (Å²) in [5, 5.41) is 3.09. The first-order valence-corrected chi connectivity index (χ1v) is 10.6. The molecule has 29 heavy (non-hydrogen) atoms. The zero-order chi connectivity index (χ0) is 20.2. The largest absolute Gasteiger partial charge is 0.489 e. The van der Waals surface area contributed by atoms with Crippen LogP contribution in [0.1, 0.15) is 66.8 Å². The summed E-state index contributed by atoms with van der Waals surface area (Å²) >= 11 is 0. The summed E-state index contributed by atoms with van der Waals surface area (Å²) in [7, 11) is 0. The Balaban J connectivity index is 1.54. The molecule has 1 atom stereocenters. The van der Waals surface area contributed by atoms with Crippen LogP contribution in [0.3, 0.4) is 0 Å². The number of ether oxygens (including phenoxy) is 1. The molecule has 4 rings (SSSR count). The normalized spacial score (nSPS) is 15.9. The van der Waals surface area contributed by atoms with Crippen molar-refractivity contribution in [2.24, 2.45) is 5.92 Å². The van der Waals surface area contributed by atoms with Crippen LogP contribution in [-0.2, 0) is 0 Å². The first-order valence-electron chi connectivity index (χ1n) is 10.6. The van der Waals surface area contributed by atoms with Gasteiger partial charge in [0.2, 0.25) is 0 Å². The van der Waals surface area contributed by atoms with Crippen LogP contribution in [0.25, 0.3) is 5.65 Å². The molecule has 2 heterocycles. The highest BCUT2D eigenvalue weighted by molar-refractivity contribution is 5.95. The average Bonchev–Trinajstić information content (AvgIpc) is 3.10. The number of nitrogens with zero attached hydrogens (tertiary/aromatic N) is 2. The summed E-state index contributed by atoms with van der Waals surface area (Å²) in [4.78, 5) is 17.7. The number of pyridine rings is 1. The maximum Gasteiger partial charge on any atom is 0.270 e. The zero-order valence-electron chi connectivity index (χ0n) is 17.2. The van der Waals surface area contributed by atoms with Gasteiger partial charge in [-0.25, -0.2) is 4.98 Å². The van der Waals surface area contributed by atoms with Crippen LogP contribution in [-0.4, -0.2) is 21.9 Å². The van der Waals surface area contributed by atoms with E-state index in [0.29, 0.717) is 23.0 Å². The Kier molecular flexibility index (Phi) is 5.84. The average molecular weight is 392 g/mol. The van der Waals surface area contributed by atoms with Gasteiger partial charge >= 0.3 is 0 Å². The summed E-state index contributed by atoms with van der Waals surface area (Å²) in [6, 6.07) is 13.7. The van der Waals surface area contributed by atoms with E-state index >= 15 is 0 Å². The van der Waals surface area contributed by atoms with Gasteiger partial charge < -0.3 is 10.1 Å². The summed E-state index contributed by atoms with van der Waals surface area (Å²) in [5.41, 5.74) is 3.05. The fourth-order valence-corrected chi connectivity index (χ4v) is 4.19. The van der Waals surface area contributed by atoms with Gasteiger partial charge in [-0.05, 0) is 50.3 Å². The maximum absolute atomic E-state index is 13.0. The SMILES string of the molecule is Cc1nc2c(OCC3CCCCC3)cccn2c1C(=O)N[C@@H](C)c1ccccc1. The number of benzene rings is 1. The summed E-state index contributed by atoms with van der Waals surface area (Å²) in [5.74, 6) is 1.24. The number of hydrogen-bond donors (Lipinski definition) is 1. The third kappa shape index (κ3) is 4.29. The van der Waals surface area contributed by atoms with Crippen LogP contribution in [0.2, 0.25) is 0 Å². The molecule has 1 aliphatic carbocycles. The van der Waals surface area contributed by atoms with Crippen molar-refractivity contribution < 1.29 is 9.53 Å². The minimum Gasteiger partial charge on any atom is -0.489 e. The van der Waals surface area contributed by atoms with Crippen molar-refractivity contribution in [3.8, 4) is 5.75 Å². The van der Waals surface area contributed by atoms with E-state index < -0.39 is 0 Å². The molecule has 0 aliphatic heterocycles. The van der Waals surface area contributed by atoms with Gasteiger partial charge in [-0.1, -0.05) is 49.6 Å². The fraction of sp³-hybridized carbons (Fsp3) is 0.417. The number of nitrogens with one attached hydrogen (secondary N) is 1. The van der Waals surface area contributed by atoms with E-state index in [1.807, 2.05) is 66.9 Å². The molecule has 5 nitrogen and oxygen atoms in total. The molecule has 1 fully saturated rings. The maximum atomic E-state index is 13.0. The Labute approximate surface area is 172 Å². The van der Waals surface area contributed by atoms with Crippen LogP contribution >= 0.6 is 0 Å². The second-order valence-corrected chi connectivity index (χ2v) is 8.03. The van der Waals surface area contributed by atoms with Crippen molar-refractivity contribution in [3.63, 3.8) is 0 Å². The lowest BCUT2D eigenvalue weighted by Gasteiger charge is -2.21. The molecule has 152 valence electrons. The number of carbonyl (C=O) groups is 1. The van der Waals surface area contributed by atoms with E-state index in [9.17, 15) is 4.79 Å². The molecular formula is C24H29N3O2. The molecule has 0 radical (unpaired) electrons. The fourth-order valence-electron chi connectivity index (χ4n) is 4.19. The molecular weight excluding hydrogens is 362 g/mol. The Morgan fingerprint density at radius 2 is 1.93 bits per heavy atom. The number of imidazole rings is 1. The minimum atomic E-state index is -0.129. The van der Waals surface area contributed by atoms with Crippen LogP contribution in [0.4, 0.5) is 0 Å². The number of amides is 1. The molecule has 3 aromatic rings. The Hall–Kier alpha value is -2.82. The predicted octanol–water partition coefficient (Wildman–Crippen LogP) is 5.09. The van der Waals surface area contributed by atoms with Crippen LogP contribution in [0.5, 0.6) is 5.75 Å². The van der Waals surface area contributed by atoms with Crippen molar-refractivity contribution in [1.29, 1.82) is 0 Å².